The minimum absolute atomic E-state index is 0.206. The number of nitrogens with two attached hydrogens (primary N) is 1. The predicted molar refractivity (Wildman–Crippen MR) is 99.3 cm³/mol. The number of amides is 1. The Balaban J connectivity index is 1.51. The van der Waals surface area contributed by atoms with E-state index in [9.17, 15) is 22.8 Å². The zero-order valence-corrected chi connectivity index (χ0v) is 15.4. The average molecular weight is 404 g/mol. The quantitative estimate of drug-likeness (QED) is 0.792. The molecule has 152 valence electrons. The molecule has 0 radical (unpaired) electrons. The largest absolute Gasteiger partial charge is 0.454 e. The first kappa shape index (κ1) is 19.3. The number of benzene rings is 2. The van der Waals surface area contributed by atoms with Crippen molar-refractivity contribution in [3.8, 4) is 0 Å². The van der Waals surface area contributed by atoms with E-state index in [1.54, 1.807) is 6.07 Å². The van der Waals surface area contributed by atoms with E-state index in [1.165, 1.54) is 12.1 Å². The van der Waals surface area contributed by atoms with Gasteiger partial charge in [-0.3, -0.25) is 4.79 Å². The van der Waals surface area contributed by atoms with E-state index in [2.05, 4.69) is 0 Å². The van der Waals surface area contributed by atoms with E-state index in [4.69, 9.17) is 10.5 Å². The maximum absolute atomic E-state index is 12.7. The van der Waals surface area contributed by atoms with Gasteiger partial charge in [0.25, 0.3) is 0 Å². The minimum atomic E-state index is -4.38. The van der Waals surface area contributed by atoms with Crippen LogP contribution in [0.3, 0.4) is 0 Å². The Morgan fingerprint density at radius 1 is 1.17 bits per heavy atom. The van der Waals surface area contributed by atoms with Gasteiger partial charge in [-0.05, 0) is 36.2 Å². The van der Waals surface area contributed by atoms with Crippen LogP contribution in [0.1, 0.15) is 39.6 Å². The van der Waals surface area contributed by atoms with Gasteiger partial charge in [-0.2, -0.15) is 13.2 Å². The van der Waals surface area contributed by atoms with Gasteiger partial charge in [0.1, 0.15) is 6.10 Å². The molecule has 8 heteroatoms. The molecule has 0 saturated carbocycles. The molecule has 29 heavy (non-hydrogen) atoms. The molecule has 5 nitrogen and oxygen atoms in total. The fourth-order valence-electron chi connectivity index (χ4n) is 3.88. The summed E-state index contributed by atoms with van der Waals surface area (Å²) in [4.78, 5) is 25.7. The summed E-state index contributed by atoms with van der Waals surface area (Å²) >= 11 is 0. The summed E-state index contributed by atoms with van der Waals surface area (Å²) in [5, 5.41) is 0. The summed E-state index contributed by atoms with van der Waals surface area (Å²) < 4.78 is 43.6. The predicted octanol–water partition coefficient (Wildman–Crippen LogP) is 3.47. The second-order valence-corrected chi connectivity index (χ2v) is 7.40. The number of rotatable bonds is 4. The Morgan fingerprint density at radius 3 is 2.52 bits per heavy atom. The summed E-state index contributed by atoms with van der Waals surface area (Å²) in [5.41, 5.74) is 7.29. The summed E-state index contributed by atoms with van der Waals surface area (Å²) in [7, 11) is 0. The zero-order valence-electron chi connectivity index (χ0n) is 15.4. The second kappa shape index (κ2) is 7.09. The van der Waals surface area contributed by atoms with Crippen LogP contribution >= 0.6 is 0 Å². The van der Waals surface area contributed by atoms with Gasteiger partial charge in [0.15, 0.2) is 0 Å². The van der Waals surface area contributed by atoms with Gasteiger partial charge in [0.05, 0.1) is 17.0 Å². The zero-order chi connectivity index (χ0) is 20.8. The molecular weight excluding hydrogens is 385 g/mol. The standard InChI is InChI=1S/C21H19F3N2O3/c22-21(23,24)14-3-1-12(2-4-14)9-18-16-6-5-15(10-17(16)20(28)29-18)26-8-7-13(11-26)19(25)27/h1-6,10,13,18H,7-9,11H2,(H2,25,27)/t13-,18?/m0/s1. The van der Waals surface area contributed by atoms with Crippen molar-refractivity contribution >= 4 is 17.6 Å². The van der Waals surface area contributed by atoms with E-state index in [1.807, 2.05) is 17.0 Å². The van der Waals surface area contributed by atoms with Crippen molar-refractivity contribution in [3.63, 3.8) is 0 Å². The molecule has 2 aromatic carbocycles. The third-order valence-electron chi connectivity index (χ3n) is 5.51. The van der Waals surface area contributed by atoms with Crippen molar-refractivity contribution in [2.75, 3.05) is 18.0 Å². The van der Waals surface area contributed by atoms with Crippen LogP contribution in [0.2, 0.25) is 0 Å². The summed E-state index contributed by atoms with van der Waals surface area (Å²) in [6, 6.07) is 10.3. The molecule has 1 fully saturated rings. The highest BCUT2D eigenvalue weighted by molar-refractivity contribution is 5.95. The van der Waals surface area contributed by atoms with Crippen molar-refractivity contribution in [3.05, 3.63) is 64.7 Å². The third kappa shape index (κ3) is 3.79. The maximum Gasteiger partial charge on any atom is 0.416 e. The van der Waals surface area contributed by atoms with Crippen LogP contribution in [-0.2, 0) is 22.1 Å². The smallest absolute Gasteiger partial charge is 0.416 e. The van der Waals surface area contributed by atoms with E-state index in [0.29, 0.717) is 42.6 Å². The summed E-state index contributed by atoms with van der Waals surface area (Å²) in [6.07, 6.45) is -3.96. The number of esters is 1. The van der Waals surface area contributed by atoms with Gasteiger partial charge in [-0.15, -0.1) is 0 Å². The number of alkyl halides is 3. The number of primary amides is 1. The Labute approximate surface area is 165 Å². The van der Waals surface area contributed by atoms with E-state index >= 15 is 0 Å². The normalized spacial score (nSPS) is 21.2. The number of carbonyl (C=O) groups is 2. The molecule has 2 heterocycles. The van der Waals surface area contributed by atoms with Crippen LogP contribution in [0.25, 0.3) is 0 Å². The molecule has 2 N–H and O–H groups in total. The molecule has 0 aromatic heterocycles. The lowest BCUT2D eigenvalue weighted by Gasteiger charge is -2.19. The molecule has 1 saturated heterocycles. The van der Waals surface area contributed by atoms with Gasteiger partial charge < -0.3 is 15.4 Å². The van der Waals surface area contributed by atoms with E-state index in [0.717, 1.165) is 17.8 Å². The molecule has 4 rings (SSSR count). The van der Waals surface area contributed by atoms with Crippen molar-refractivity contribution < 1.29 is 27.5 Å². The lowest BCUT2D eigenvalue weighted by atomic mass is 9.98. The third-order valence-corrected chi connectivity index (χ3v) is 5.51. The number of carbonyl (C=O) groups excluding carboxylic acids is 2. The topological polar surface area (TPSA) is 72.6 Å². The Morgan fingerprint density at radius 2 is 1.90 bits per heavy atom. The fourth-order valence-corrected chi connectivity index (χ4v) is 3.88. The number of anilines is 1. The summed E-state index contributed by atoms with van der Waals surface area (Å²) in [5.74, 6) is -0.989. The molecular formula is C21H19F3N2O3. The molecule has 2 atom stereocenters. The van der Waals surface area contributed by atoms with Crippen LogP contribution in [-0.4, -0.2) is 25.0 Å². The molecule has 0 aliphatic carbocycles. The summed E-state index contributed by atoms with van der Waals surface area (Å²) in [6.45, 7) is 1.19. The molecule has 2 aliphatic heterocycles. The van der Waals surface area contributed by atoms with Gasteiger partial charge in [0.2, 0.25) is 5.91 Å². The number of fused-ring (bicyclic) bond motifs is 1. The highest BCUT2D eigenvalue weighted by Crippen LogP contribution is 2.37. The molecule has 0 spiro atoms. The highest BCUT2D eigenvalue weighted by Gasteiger charge is 2.34. The monoisotopic (exact) mass is 404 g/mol. The van der Waals surface area contributed by atoms with Crippen LogP contribution < -0.4 is 10.6 Å². The maximum atomic E-state index is 12.7. The first-order valence-corrected chi connectivity index (χ1v) is 9.27. The lowest BCUT2D eigenvalue weighted by Crippen LogP contribution is -2.27. The number of hydrogen-bond acceptors (Lipinski definition) is 4. The van der Waals surface area contributed by atoms with Gasteiger partial charge >= 0.3 is 12.1 Å². The first-order valence-electron chi connectivity index (χ1n) is 9.27. The SMILES string of the molecule is NC(=O)[C@H]1CCN(c2ccc3c(c2)C(=O)OC3Cc2ccc(C(F)(F)F)cc2)C1. The van der Waals surface area contributed by atoms with Crippen LogP contribution in [0, 0.1) is 5.92 Å². The van der Waals surface area contributed by atoms with Crippen LogP contribution in [0.15, 0.2) is 42.5 Å². The van der Waals surface area contributed by atoms with Crippen molar-refractivity contribution in [1.29, 1.82) is 0 Å². The van der Waals surface area contributed by atoms with Gasteiger partial charge in [-0.1, -0.05) is 18.2 Å². The highest BCUT2D eigenvalue weighted by atomic mass is 19.4. The molecule has 1 unspecified atom stereocenters. The molecule has 2 aliphatic rings. The fraction of sp³-hybridized carbons (Fsp3) is 0.333. The Hall–Kier alpha value is -3.03. The van der Waals surface area contributed by atoms with E-state index in [-0.39, 0.29) is 11.8 Å². The first-order chi connectivity index (χ1) is 13.7. The Kier molecular flexibility index (Phi) is 4.72. The lowest BCUT2D eigenvalue weighted by molar-refractivity contribution is -0.137. The number of nitrogens with zero attached hydrogens (tertiary/aromatic N) is 1. The van der Waals surface area contributed by atoms with Crippen molar-refractivity contribution in [2.24, 2.45) is 11.7 Å². The Bertz CT molecular complexity index is 957. The molecule has 2 aromatic rings. The van der Waals surface area contributed by atoms with Crippen molar-refractivity contribution in [2.45, 2.75) is 25.1 Å². The van der Waals surface area contributed by atoms with Crippen LogP contribution in [0.4, 0.5) is 18.9 Å². The number of hydrogen-bond donors (Lipinski definition) is 1. The minimum Gasteiger partial charge on any atom is -0.454 e. The van der Waals surface area contributed by atoms with E-state index < -0.39 is 23.8 Å². The molecule has 1 amide bonds. The van der Waals surface area contributed by atoms with Gasteiger partial charge in [-0.25, -0.2) is 4.79 Å². The van der Waals surface area contributed by atoms with Gasteiger partial charge in [0, 0.05) is 30.8 Å². The van der Waals surface area contributed by atoms with Crippen molar-refractivity contribution in [1.82, 2.24) is 0 Å². The van der Waals surface area contributed by atoms with Crippen LogP contribution in [0.5, 0.6) is 0 Å². The number of halogens is 3. The second-order valence-electron chi connectivity index (χ2n) is 7.40. The average Bonchev–Trinajstić information content (AvgIpc) is 3.27. The molecule has 0 bridgehead atoms. The number of ether oxygens (including phenoxy) is 1. The number of cyclic esters (lactones) is 1.